The number of thioether (sulfide) groups is 1. The SMILES string of the molecule is COCCNC(=O)c1ccc2c(c1)NC(=O)C(=Cc1cccc(Cl)c1)S2. The van der Waals surface area contributed by atoms with Gasteiger partial charge in [0.05, 0.1) is 17.2 Å². The molecule has 0 fully saturated rings. The maximum atomic E-state index is 12.4. The van der Waals surface area contributed by atoms with Crippen LogP contribution >= 0.6 is 23.4 Å². The van der Waals surface area contributed by atoms with Gasteiger partial charge in [-0.25, -0.2) is 0 Å². The van der Waals surface area contributed by atoms with Crippen LogP contribution in [0.2, 0.25) is 5.02 Å². The van der Waals surface area contributed by atoms with Crippen molar-refractivity contribution < 1.29 is 14.3 Å². The second-order valence-corrected chi connectivity index (χ2v) is 7.10. The lowest BCUT2D eigenvalue weighted by Crippen LogP contribution is -2.27. The average Bonchev–Trinajstić information content (AvgIpc) is 2.62. The minimum absolute atomic E-state index is 0.204. The molecule has 0 unspecified atom stereocenters. The summed E-state index contributed by atoms with van der Waals surface area (Å²) in [6.07, 6.45) is 1.79. The van der Waals surface area contributed by atoms with Crippen molar-refractivity contribution in [2.45, 2.75) is 4.90 Å². The van der Waals surface area contributed by atoms with Crippen LogP contribution in [0.15, 0.2) is 52.3 Å². The molecule has 0 spiro atoms. The average molecular weight is 389 g/mol. The van der Waals surface area contributed by atoms with E-state index in [1.807, 2.05) is 18.2 Å². The predicted molar refractivity (Wildman–Crippen MR) is 105 cm³/mol. The van der Waals surface area contributed by atoms with Crippen molar-refractivity contribution in [3.63, 3.8) is 0 Å². The fourth-order valence-corrected chi connectivity index (χ4v) is 3.55. The zero-order chi connectivity index (χ0) is 18.5. The van der Waals surface area contributed by atoms with E-state index in [0.717, 1.165) is 10.5 Å². The van der Waals surface area contributed by atoms with Crippen LogP contribution in [0.25, 0.3) is 6.08 Å². The monoisotopic (exact) mass is 388 g/mol. The van der Waals surface area contributed by atoms with Gasteiger partial charge in [0, 0.05) is 29.1 Å². The quantitative estimate of drug-likeness (QED) is 0.604. The van der Waals surface area contributed by atoms with Gasteiger partial charge in [-0.3, -0.25) is 9.59 Å². The molecule has 3 rings (SSSR count). The van der Waals surface area contributed by atoms with Crippen LogP contribution in [0.1, 0.15) is 15.9 Å². The number of nitrogens with one attached hydrogen (secondary N) is 2. The van der Waals surface area contributed by atoms with Gasteiger partial charge in [-0.2, -0.15) is 0 Å². The highest BCUT2D eigenvalue weighted by Gasteiger charge is 2.22. The van der Waals surface area contributed by atoms with Crippen LogP contribution in [0.5, 0.6) is 0 Å². The first-order valence-electron chi connectivity index (χ1n) is 7.94. The number of halogens is 1. The standard InChI is InChI=1S/C19H17ClN2O3S/c1-25-8-7-21-18(23)13-5-6-16-15(11-13)22-19(24)17(26-16)10-12-3-2-4-14(20)9-12/h2-6,9-11H,7-8H2,1H3,(H,21,23)(H,22,24). The molecule has 0 aromatic heterocycles. The van der Waals surface area contributed by atoms with Crippen LogP contribution in [-0.4, -0.2) is 32.1 Å². The molecule has 0 saturated heterocycles. The molecule has 2 N–H and O–H groups in total. The number of hydrogen-bond acceptors (Lipinski definition) is 4. The third-order valence-electron chi connectivity index (χ3n) is 3.67. The molecule has 0 saturated carbocycles. The molecule has 7 heteroatoms. The Balaban J connectivity index is 1.78. The van der Waals surface area contributed by atoms with Crippen molar-refractivity contribution in [3.8, 4) is 0 Å². The summed E-state index contributed by atoms with van der Waals surface area (Å²) in [5, 5.41) is 6.21. The van der Waals surface area contributed by atoms with Gasteiger partial charge in [-0.15, -0.1) is 0 Å². The van der Waals surface area contributed by atoms with Gasteiger partial charge in [0.15, 0.2) is 0 Å². The third kappa shape index (κ3) is 4.46. The molecule has 2 aromatic carbocycles. The number of anilines is 1. The number of fused-ring (bicyclic) bond motifs is 1. The van der Waals surface area contributed by atoms with E-state index in [1.165, 1.54) is 11.8 Å². The molecule has 2 aromatic rings. The lowest BCUT2D eigenvalue weighted by atomic mass is 10.1. The first-order valence-corrected chi connectivity index (χ1v) is 9.14. The van der Waals surface area contributed by atoms with E-state index in [1.54, 1.807) is 37.5 Å². The van der Waals surface area contributed by atoms with Crippen LogP contribution in [-0.2, 0) is 9.53 Å². The molecule has 5 nitrogen and oxygen atoms in total. The Labute approximate surface area is 160 Å². The first kappa shape index (κ1) is 18.5. The van der Waals surface area contributed by atoms with Gasteiger partial charge in [0.1, 0.15) is 0 Å². The Morgan fingerprint density at radius 2 is 2.15 bits per heavy atom. The van der Waals surface area contributed by atoms with E-state index in [4.69, 9.17) is 16.3 Å². The minimum atomic E-state index is -0.209. The van der Waals surface area contributed by atoms with Gasteiger partial charge >= 0.3 is 0 Å². The van der Waals surface area contributed by atoms with Crippen molar-refractivity contribution in [2.24, 2.45) is 0 Å². The molecule has 0 aliphatic carbocycles. The predicted octanol–water partition coefficient (Wildman–Crippen LogP) is 3.80. The molecule has 0 radical (unpaired) electrons. The molecule has 0 bridgehead atoms. The molecule has 26 heavy (non-hydrogen) atoms. The second kappa shape index (κ2) is 8.40. The summed E-state index contributed by atoms with van der Waals surface area (Å²) in [6, 6.07) is 12.5. The van der Waals surface area contributed by atoms with Crippen molar-refractivity contribution in [1.29, 1.82) is 0 Å². The number of amides is 2. The lowest BCUT2D eigenvalue weighted by molar-refractivity contribution is -0.112. The summed E-state index contributed by atoms with van der Waals surface area (Å²) < 4.78 is 4.91. The van der Waals surface area contributed by atoms with Crippen LogP contribution in [0.4, 0.5) is 5.69 Å². The van der Waals surface area contributed by atoms with Crippen LogP contribution in [0.3, 0.4) is 0 Å². The fraction of sp³-hybridized carbons (Fsp3) is 0.158. The Bertz CT molecular complexity index is 883. The highest BCUT2D eigenvalue weighted by Crippen LogP contribution is 2.39. The lowest BCUT2D eigenvalue weighted by Gasteiger charge is -2.19. The van der Waals surface area contributed by atoms with Crippen LogP contribution in [0, 0.1) is 0 Å². The number of ether oxygens (including phenoxy) is 1. The summed E-state index contributed by atoms with van der Waals surface area (Å²) >= 11 is 7.35. The molecule has 1 heterocycles. The van der Waals surface area contributed by atoms with E-state index in [9.17, 15) is 9.59 Å². The van der Waals surface area contributed by atoms with Crippen molar-refractivity contribution in [1.82, 2.24) is 5.32 Å². The number of methoxy groups -OCH3 is 1. The van der Waals surface area contributed by atoms with Crippen molar-refractivity contribution in [3.05, 3.63) is 63.5 Å². The van der Waals surface area contributed by atoms with Crippen molar-refractivity contribution >= 4 is 46.9 Å². The summed E-state index contributed by atoms with van der Waals surface area (Å²) in [6.45, 7) is 0.876. The highest BCUT2D eigenvalue weighted by molar-refractivity contribution is 8.04. The van der Waals surface area contributed by atoms with Gasteiger partial charge in [0.2, 0.25) is 0 Å². The molecular weight excluding hydrogens is 372 g/mol. The number of carbonyl (C=O) groups is 2. The largest absolute Gasteiger partial charge is 0.383 e. The van der Waals surface area contributed by atoms with E-state index in [-0.39, 0.29) is 11.8 Å². The van der Waals surface area contributed by atoms with Crippen LogP contribution < -0.4 is 10.6 Å². The van der Waals surface area contributed by atoms with E-state index in [2.05, 4.69) is 10.6 Å². The number of carbonyl (C=O) groups excluding carboxylic acids is 2. The van der Waals surface area contributed by atoms with E-state index < -0.39 is 0 Å². The molecule has 0 atom stereocenters. The minimum Gasteiger partial charge on any atom is -0.383 e. The summed E-state index contributed by atoms with van der Waals surface area (Å²) in [4.78, 5) is 25.9. The first-order chi connectivity index (χ1) is 12.6. The molecule has 1 aliphatic heterocycles. The Hall–Kier alpha value is -2.28. The zero-order valence-electron chi connectivity index (χ0n) is 14.0. The summed E-state index contributed by atoms with van der Waals surface area (Å²) in [5.41, 5.74) is 1.97. The normalized spacial score (nSPS) is 14.7. The van der Waals surface area contributed by atoms with Gasteiger partial charge < -0.3 is 15.4 Å². The summed E-state index contributed by atoms with van der Waals surface area (Å²) in [7, 11) is 1.58. The maximum absolute atomic E-state index is 12.4. The smallest absolute Gasteiger partial charge is 0.262 e. The molecule has 134 valence electrons. The third-order valence-corrected chi connectivity index (χ3v) is 5.01. The highest BCUT2D eigenvalue weighted by atomic mass is 35.5. The van der Waals surface area contributed by atoms with Gasteiger partial charge in [-0.1, -0.05) is 35.5 Å². The van der Waals surface area contributed by atoms with E-state index in [0.29, 0.717) is 34.3 Å². The summed E-state index contributed by atoms with van der Waals surface area (Å²) in [5.74, 6) is -0.413. The fourth-order valence-electron chi connectivity index (χ4n) is 2.42. The Kier molecular flexibility index (Phi) is 5.98. The molecule has 2 amide bonds. The van der Waals surface area contributed by atoms with E-state index >= 15 is 0 Å². The van der Waals surface area contributed by atoms with Gasteiger partial charge in [0.25, 0.3) is 11.8 Å². The number of benzene rings is 2. The Morgan fingerprint density at radius 3 is 2.92 bits per heavy atom. The molecular formula is C19H17ClN2O3S. The molecule has 1 aliphatic rings. The number of hydrogen-bond donors (Lipinski definition) is 2. The van der Waals surface area contributed by atoms with Crippen molar-refractivity contribution in [2.75, 3.05) is 25.6 Å². The zero-order valence-corrected chi connectivity index (χ0v) is 15.6. The van der Waals surface area contributed by atoms with Gasteiger partial charge in [-0.05, 0) is 42.0 Å². The Morgan fingerprint density at radius 1 is 1.31 bits per heavy atom. The maximum Gasteiger partial charge on any atom is 0.262 e. The topological polar surface area (TPSA) is 67.4 Å². The second-order valence-electron chi connectivity index (χ2n) is 5.58. The number of rotatable bonds is 5.